The second-order valence-corrected chi connectivity index (χ2v) is 1.20. The first-order valence-electron chi connectivity index (χ1n) is 1.73. The monoisotopic (exact) mass is 158 g/mol. The molecule has 0 heterocycles. The Kier molecular flexibility index (Phi) is 35.3. The van der Waals surface area contributed by atoms with E-state index in [0.717, 1.165) is 13.0 Å². The van der Waals surface area contributed by atoms with Crippen molar-refractivity contribution in [2.24, 2.45) is 0 Å². The van der Waals surface area contributed by atoms with Crippen molar-refractivity contribution in [2.75, 3.05) is 6.61 Å². The summed E-state index contributed by atoms with van der Waals surface area (Å²) >= 11 is 2.20. The summed E-state index contributed by atoms with van der Waals surface area (Å²) in [6.45, 7) is 2.93. The lowest BCUT2D eigenvalue weighted by Gasteiger charge is -1.87. The van der Waals surface area contributed by atoms with E-state index in [1.54, 1.807) is 0 Å². The second kappa shape index (κ2) is 15.7. The van der Waals surface area contributed by atoms with E-state index in [9.17, 15) is 0 Å². The van der Waals surface area contributed by atoms with Gasteiger partial charge in [-0.15, -0.1) is 24.8 Å². The van der Waals surface area contributed by atoms with E-state index in [1.165, 1.54) is 0 Å². The molecular weight excluding hydrogens is 150 g/mol. The third-order valence-corrected chi connectivity index (χ3v) is 0.558. The fraction of sp³-hybridized carbons (Fsp3) is 1.00. The maximum absolute atomic E-state index is 4.61. The van der Waals surface area contributed by atoms with Crippen LogP contribution in [-0.4, -0.2) is 23.2 Å². The van der Waals surface area contributed by atoms with Crippen LogP contribution in [0.4, 0.5) is 0 Å². The molecule has 0 amide bonds. The summed E-state index contributed by atoms with van der Waals surface area (Å²) in [5, 5.41) is 0. The molecule has 2 radical (unpaired) electrons. The highest BCUT2D eigenvalue weighted by Gasteiger charge is 1.65. The molecule has 0 saturated carbocycles. The molecule has 7 heavy (non-hydrogen) atoms. The molecule has 0 aliphatic rings. The maximum Gasteiger partial charge on any atom is 0.369 e. The molecule has 0 unspecified atom stereocenters. The van der Waals surface area contributed by atoms with Crippen LogP contribution in [0.1, 0.15) is 13.3 Å². The van der Waals surface area contributed by atoms with Crippen LogP contribution in [0, 0.1) is 0 Å². The van der Waals surface area contributed by atoms with Gasteiger partial charge in [-0.2, -0.15) is 0 Å². The van der Waals surface area contributed by atoms with Crippen molar-refractivity contribution >= 4 is 41.4 Å². The lowest BCUT2D eigenvalue weighted by molar-refractivity contribution is 0.349. The highest BCUT2D eigenvalue weighted by Crippen LogP contribution is 1.69. The molecule has 0 bridgehead atoms. The van der Waals surface area contributed by atoms with Crippen molar-refractivity contribution in [3.8, 4) is 0 Å². The van der Waals surface area contributed by atoms with Crippen LogP contribution in [0.2, 0.25) is 0 Å². The molecular formula is C3H9AlCl2O. The largest absolute Gasteiger partial charge is 0.516 e. The van der Waals surface area contributed by atoms with Crippen LogP contribution in [0.15, 0.2) is 0 Å². The molecule has 0 aromatic rings. The molecule has 44 valence electrons. The van der Waals surface area contributed by atoms with E-state index in [-0.39, 0.29) is 24.8 Å². The highest BCUT2D eigenvalue weighted by molar-refractivity contribution is 5.97. The standard InChI is InChI=1S/C3H7O.Al.2ClH/c1-2-3-4;;;/h2-3H2,1H3;;2*1H/q-1;+1;;. The van der Waals surface area contributed by atoms with E-state index in [2.05, 4.69) is 27.3 Å². The SMILES string of the molecule is CCC[O][Al].Cl.Cl. The molecule has 0 N–H and O–H groups in total. The fourth-order valence-corrected chi connectivity index (χ4v) is 0.354. The average molecular weight is 159 g/mol. The molecule has 0 aromatic heterocycles. The van der Waals surface area contributed by atoms with E-state index < -0.39 is 0 Å². The van der Waals surface area contributed by atoms with Gasteiger partial charge in [0.1, 0.15) is 0 Å². The molecule has 0 aromatic carbocycles. The summed E-state index contributed by atoms with van der Waals surface area (Å²) in [5.74, 6) is 0. The van der Waals surface area contributed by atoms with Crippen LogP contribution in [0.5, 0.6) is 0 Å². The summed E-state index contributed by atoms with van der Waals surface area (Å²) < 4.78 is 4.61. The van der Waals surface area contributed by atoms with E-state index in [1.807, 2.05) is 0 Å². The first-order valence-corrected chi connectivity index (χ1v) is 2.20. The van der Waals surface area contributed by atoms with E-state index in [4.69, 9.17) is 0 Å². The highest BCUT2D eigenvalue weighted by atomic mass is 35.5. The average Bonchev–Trinajstić information content (AvgIpc) is 1.41. The Morgan fingerprint density at radius 2 is 1.86 bits per heavy atom. The lowest BCUT2D eigenvalue weighted by Crippen LogP contribution is -1.83. The molecule has 0 rings (SSSR count). The summed E-state index contributed by atoms with van der Waals surface area (Å²) in [5.41, 5.74) is 0. The molecule has 4 heteroatoms. The van der Waals surface area contributed by atoms with Gasteiger partial charge in [-0.25, -0.2) is 0 Å². The predicted octanol–water partition coefficient (Wildman–Crippen LogP) is 1.34. The first-order chi connectivity index (χ1) is 2.41. The summed E-state index contributed by atoms with van der Waals surface area (Å²) in [6, 6.07) is 0. The molecule has 1 nitrogen and oxygen atoms in total. The van der Waals surface area contributed by atoms with Crippen molar-refractivity contribution in [3.05, 3.63) is 0 Å². The van der Waals surface area contributed by atoms with Crippen molar-refractivity contribution < 1.29 is 3.79 Å². The minimum atomic E-state index is 0. The Labute approximate surface area is 65.4 Å². The zero-order chi connectivity index (χ0) is 4.12. The smallest absolute Gasteiger partial charge is 0.369 e. The number of hydrogen-bond donors (Lipinski definition) is 0. The van der Waals surface area contributed by atoms with Crippen LogP contribution in [-0.2, 0) is 3.79 Å². The van der Waals surface area contributed by atoms with E-state index in [0.29, 0.717) is 0 Å². The Balaban J connectivity index is -0.0000000800. The Hall–Kier alpha value is 1.07. The number of rotatable bonds is 2. The molecule has 0 saturated heterocycles. The molecule has 0 spiro atoms. The molecule has 0 aliphatic heterocycles. The summed E-state index contributed by atoms with van der Waals surface area (Å²) in [7, 11) is 0. The fourth-order valence-electron chi connectivity index (χ4n) is 0.118. The van der Waals surface area contributed by atoms with Crippen molar-refractivity contribution in [1.29, 1.82) is 0 Å². The van der Waals surface area contributed by atoms with Crippen LogP contribution >= 0.6 is 24.8 Å². The molecule has 0 atom stereocenters. The van der Waals surface area contributed by atoms with Gasteiger partial charge in [0, 0.05) is 6.61 Å². The van der Waals surface area contributed by atoms with Gasteiger partial charge in [0.05, 0.1) is 0 Å². The Morgan fingerprint density at radius 1 is 1.43 bits per heavy atom. The van der Waals surface area contributed by atoms with E-state index >= 15 is 0 Å². The van der Waals surface area contributed by atoms with Gasteiger partial charge in [0.15, 0.2) is 0 Å². The first kappa shape index (κ1) is 15.7. The van der Waals surface area contributed by atoms with Gasteiger partial charge in [-0.1, -0.05) is 6.92 Å². The van der Waals surface area contributed by atoms with Gasteiger partial charge in [0.25, 0.3) is 0 Å². The van der Waals surface area contributed by atoms with Gasteiger partial charge in [-0.05, 0) is 6.42 Å². The lowest BCUT2D eigenvalue weighted by atomic mass is 10.5. The van der Waals surface area contributed by atoms with Crippen molar-refractivity contribution in [2.45, 2.75) is 13.3 Å². The van der Waals surface area contributed by atoms with Gasteiger partial charge >= 0.3 is 16.6 Å². The molecule has 0 aliphatic carbocycles. The van der Waals surface area contributed by atoms with Gasteiger partial charge in [0.2, 0.25) is 0 Å². The molecule has 0 fully saturated rings. The Bertz CT molecular complexity index is 20.4. The zero-order valence-electron chi connectivity index (χ0n) is 4.22. The Morgan fingerprint density at radius 3 is 1.86 bits per heavy atom. The van der Waals surface area contributed by atoms with Crippen molar-refractivity contribution in [3.63, 3.8) is 0 Å². The number of hydrogen-bond acceptors (Lipinski definition) is 1. The maximum atomic E-state index is 4.61. The minimum Gasteiger partial charge on any atom is -0.516 e. The summed E-state index contributed by atoms with van der Waals surface area (Å²) in [6.07, 6.45) is 1.10. The topological polar surface area (TPSA) is 9.23 Å². The third kappa shape index (κ3) is 19.3. The van der Waals surface area contributed by atoms with Crippen LogP contribution in [0.3, 0.4) is 0 Å². The van der Waals surface area contributed by atoms with Gasteiger partial charge in [-0.3, -0.25) is 0 Å². The van der Waals surface area contributed by atoms with Crippen molar-refractivity contribution in [1.82, 2.24) is 0 Å². The third-order valence-electron chi connectivity index (χ3n) is 0.322. The summed E-state index contributed by atoms with van der Waals surface area (Å²) in [4.78, 5) is 0. The normalized spacial score (nSPS) is 5.86. The van der Waals surface area contributed by atoms with Gasteiger partial charge < -0.3 is 3.79 Å². The minimum absolute atomic E-state index is 0. The van der Waals surface area contributed by atoms with Crippen LogP contribution < -0.4 is 0 Å². The second-order valence-electron chi connectivity index (χ2n) is 0.871. The van der Waals surface area contributed by atoms with Crippen LogP contribution in [0.25, 0.3) is 0 Å². The number of halogens is 2. The quantitative estimate of drug-likeness (QED) is 0.552. The predicted molar refractivity (Wildman–Crippen MR) is 36.5 cm³/mol. The zero-order valence-corrected chi connectivity index (χ0v) is 7.00.